The number of likely N-dealkylation sites (tertiary alicyclic amines) is 1. The van der Waals surface area contributed by atoms with Crippen molar-refractivity contribution in [1.29, 1.82) is 0 Å². The van der Waals surface area contributed by atoms with Gasteiger partial charge in [-0.05, 0) is 11.1 Å². The van der Waals surface area contributed by atoms with Gasteiger partial charge < -0.3 is 10.0 Å². The Morgan fingerprint density at radius 1 is 1.09 bits per heavy atom. The quantitative estimate of drug-likeness (QED) is 0.942. The van der Waals surface area contributed by atoms with E-state index < -0.39 is 6.10 Å². The van der Waals surface area contributed by atoms with E-state index >= 15 is 0 Å². The minimum Gasteiger partial charge on any atom is -0.391 e. The fraction of sp³-hybridized carbons (Fsp3) is 0.316. The summed E-state index contributed by atoms with van der Waals surface area (Å²) in [5, 5.41) is 10.7. The van der Waals surface area contributed by atoms with E-state index in [2.05, 4.69) is 0 Å². The molecule has 1 aliphatic rings. The zero-order valence-electron chi connectivity index (χ0n) is 12.7. The van der Waals surface area contributed by atoms with Crippen LogP contribution >= 0.6 is 0 Å². The molecule has 1 amide bonds. The first-order chi connectivity index (χ1) is 10.7. The zero-order chi connectivity index (χ0) is 15.5. The SMILES string of the molecule is CN1C(=O)C[C@@H](c2ccccc2)[C@H]1C(O)Cc1ccccc1. The van der Waals surface area contributed by atoms with Gasteiger partial charge in [0.05, 0.1) is 12.1 Å². The third kappa shape index (κ3) is 2.90. The Bertz CT molecular complexity index is 626. The van der Waals surface area contributed by atoms with Crippen molar-refractivity contribution in [3.63, 3.8) is 0 Å². The molecule has 2 aromatic carbocycles. The Balaban J connectivity index is 1.83. The normalized spacial score (nSPS) is 22.8. The fourth-order valence-corrected chi connectivity index (χ4v) is 3.41. The minimum atomic E-state index is -0.566. The summed E-state index contributed by atoms with van der Waals surface area (Å²) in [5.41, 5.74) is 2.21. The Kier molecular flexibility index (Phi) is 4.25. The van der Waals surface area contributed by atoms with Gasteiger partial charge >= 0.3 is 0 Å². The molecule has 3 heteroatoms. The van der Waals surface area contributed by atoms with E-state index in [0.717, 1.165) is 11.1 Å². The second-order valence-electron chi connectivity index (χ2n) is 5.97. The molecule has 3 atom stereocenters. The molecule has 114 valence electrons. The average molecular weight is 295 g/mol. The monoisotopic (exact) mass is 295 g/mol. The fourth-order valence-electron chi connectivity index (χ4n) is 3.41. The van der Waals surface area contributed by atoms with Crippen LogP contribution in [0.3, 0.4) is 0 Å². The summed E-state index contributed by atoms with van der Waals surface area (Å²) in [6, 6.07) is 19.8. The lowest BCUT2D eigenvalue weighted by Crippen LogP contribution is -2.42. The van der Waals surface area contributed by atoms with E-state index in [9.17, 15) is 9.90 Å². The van der Waals surface area contributed by atoms with Crippen LogP contribution in [-0.4, -0.2) is 35.1 Å². The van der Waals surface area contributed by atoms with E-state index in [1.165, 1.54) is 0 Å². The molecule has 1 saturated heterocycles. The molecule has 2 aromatic rings. The lowest BCUT2D eigenvalue weighted by atomic mass is 9.86. The number of carbonyl (C=O) groups excluding carboxylic acids is 1. The number of amides is 1. The molecule has 0 radical (unpaired) electrons. The van der Waals surface area contributed by atoms with Crippen molar-refractivity contribution in [3.05, 3.63) is 71.8 Å². The van der Waals surface area contributed by atoms with E-state index in [0.29, 0.717) is 12.8 Å². The van der Waals surface area contributed by atoms with Crippen LogP contribution in [-0.2, 0) is 11.2 Å². The Hall–Kier alpha value is -2.13. The predicted molar refractivity (Wildman–Crippen MR) is 86.5 cm³/mol. The van der Waals surface area contributed by atoms with Gasteiger partial charge in [0.25, 0.3) is 0 Å². The number of hydrogen-bond donors (Lipinski definition) is 1. The van der Waals surface area contributed by atoms with E-state index in [1.807, 2.05) is 60.7 Å². The number of likely N-dealkylation sites (N-methyl/N-ethyl adjacent to an activating group) is 1. The number of carbonyl (C=O) groups is 1. The van der Waals surface area contributed by atoms with E-state index in [4.69, 9.17) is 0 Å². The van der Waals surface area contributed by atoms with Gasteiger partial charge in [-0.15, -0.1) is 0 Å². The standard InChI is InChI=1S/C19H21NO2/c1-20-18(22)13-16(15-10-6-3-7-11-15)19(20)17(21)12-14-8-4-2-5-9-14/h2-11,16-17,19,21H,12-13H2,1H3/t16-,17?,19-/m0/s1. The molecule has 0 spiro atoms. The first kappa shape index (κ1) is 14.8. The van der Waals surface area contributed by atoms with Crippen molar-refractivity contribution in [2.45, 2.75) is 30.9 Å². The van der Waals surface area contributed by atoms with Crippen LogP contribution in [0.4, 0.5) is 0 Å². The summed E-state index contributed by atoms with van der Waals surface area (Å²) in [4.78, 5) is 13.9. The number of aliphatic hydroxyl groups excluding tert-OH is 1. The molecule has 0 aromatic heterocycles. The minimum absolute atomic E-state index is 0.0532. The van der Waals surface area contributed by atoms with Crippen LogP contribution in [0, 0.1) is 0 Å². The summed E-state index contributed by atoms with van der Waals surface area (Å²) in [6.45, 7) is 0. The topological polar surface area (TPSA) is 40.5 Å². The van der Waals surface area contributed by atoms with Crippen molar-refractivity contribution >= 4 is 5.91 Å². The van der Waals surface area contributed by atoms with E-state index in [1.54, 1.807) is 11.9 Å². The average Bonchev–Trinajstić information content (AvgIpc) is 2.85. The first-order valence-electron chi connectivity index (χ1n) is 7.69. The lowest BCUT2D eigenvalue weighted by Gasteiger charge is -2.30. The van der Waals surface area contributed by atoms with Crippen LogP contribution in [0.25, 0.3) is 0 Å². The zero-order valence-corrected chi connectivity index (χ0v) is 12.7. The molecule has 1 heterocycles. The Morgan fingerprint density at radius 2 is 1.68 bits per heavy atom. The van der Waals surface area contributed by atoms with Crippen LogP contribution in [0.1, 0.15) is 23.5 Å². The molecule has 3 nitrogen and oxygen atoms in total. The van der Waals surface area contributed by atoms with Crippen LogP contribution < -0.4 is 0 Å². The summed E-state index contributed by atoms with van der Waals surface area (Å²) in [7, 11) is 1.80. The largest absolute Gasteiger partial charge is 0.391 e. The van der Waals surface area contributed by atoms with Crippen LogP contribution in [0.5, 0.6) is 0 Å². The summed E-state index contributed by atoms with van der Waals surface area (Å²) in [6.07, 6.45) is 0.466. The summed E-state index contributed by atoms with van der Waals surface area (Å²) >= 11 is 0. The number of nitrogens with zero attached hydrogens (tertiary/aromatic N) is 1. The van der Waals surface area contributed by atoms with E-state index in [-0.39, 0.29) is 17.9 Å². The van der Waals surface area contributed by atoms with Crippen molar-refractivity contribution < 1.29 is 9.90 Å². The van der Waals surface area contributed by atoms with Crippen molar-refractivity contribution in [2.24, 2.45) is 0 Å². The Labute approximate surface area is 131 Å². The molecule has 1 aliphatic heterocycles. The molecule has 1 fully saturated rings. The summed E-state index contributed by atoms with van der Waals surface area (Å²) < 4.78 is 0. The van der Waals surface area contributed by atoms with Crippen molar-refractivity contribution in [2.75, 3.05) is 7.05 Å². The number of rotatable bonds is 4. The third-order valence-electron chi connectivity index (χ3n) is 4.56. The maximum Gasteiger partial charge on any atom is 0.223 e. The van der Waals surface area contributed by atoms with Gasteiger partial charge in [0.15, 0.2) is 0 Å². The Morgan fingerprint density at radius 3 is 2.32 bits per heavy atom. The summed E-state index contributed by atoms with van der Waals surface area (Å²) in [5.74, 6) is 0.156. The van der Waals surface area contributed by atoms with Gasteiger partial charge in [-0.3, -0.25) is 4.79 Å². The lowest BCUT2D eigenvalue weighted by molar-refractivity contribution is -0.128. The smallest absolute Gasteiger partial charge is 0.223 e. The van der Waals surface area contributed by atoms with Crippen LogP contribution in [0.2, 0.25) is 0 Å². The molecule has 0 saturated carbocycles. The van der Waals surface area contributed by atoms with Gasteiger partial charge in [-0.25, -0.2) is 0 Å². The highest BCUT2D eigenvalue weighted by Gasteiger charge is 2.42. The molecule has 3 rings (SSSR count). The van der Waals surface area contributed by atoms with Gasteiger partial charge in [0, 0.05) is 25.8 Å². The maximum absolute atomic E-state index is 12.1. The van der Waals surface area contributed by atoms with Gasteiger partial charge in [0.1, 0.15) is 0 Å². The van der Waals surface area contributed by atoms with Crippen molar-refractivity contribution in [1.82, 2.24) is 4.90 Å². The van der Waals surface area contributed by atoms with Gasteiger partial charge in [-0.1, -0.05) is 60.7 Å². The first-order valence-corrected chi connectivity index (χ1v) is 7.69. The number of hydrogen-bond acceptors (Lipinski definition) is 2. The molecular weight excluding hydrogens is 274 g/mol. The molecule has 1 N–H and O–H groups in total. The molecule has 1 unspecified atom stereocenters. The predicted octanol–water partition coefficient (Wildman–Crippen LogP) is 2.60. The maximum atomic E-state index is 12.1. The number of aliphatic hydroxyl groups is 1. The molecule has 0 bridgehead atoms. The van der Waals surface area contributed by atoms with Gasteiger partial charge in [0.2, 0.25) is 5.91 Å². The molecule has 0 aliphatic carbocycles. The highest BCUT2D eigenvalue weighted by molar-refractivity contribution is 5.80. The molecule has 22 heavy (non-hydrogen) atoms. The second-order valence-corrected chi connectivity index (χ2v) is 5.97. The van der Waals surface area contributed by atoms with Crippen molar-refractivity contribution in [3.8, 4) is 0 Å². The highest BCUT2D eigenvalue weighted by atomic mass is 16.3. The van der Waals surface area contributed by atoms with Crippen LogP contribution in [0.15, 0.2) is 60.7 Å². The third-order valence-corrected chi connectivity index (χ3v) is 4.56. The molecular formula is C19H21NO2. The highest BCUT2D eigenvalue weighted by Crippen LogP contribution is 2.35. The second kappa shape index (κ2) is 6.32. The van der Waals surface area contributed by atoms with Gasteiger partial charge in [-0.2, -0.15) is 0 Å². The number of benzene rings is 2.